The average molecular weight is 301 g/mol. The van der Waals surface area contributed by atoms with E-state index in [4.69, 9.17) is 4.74 Å². The summed E-state index contributed by atoms with van der Waals surface area (Å²) < 4.78 is 5.99. The third-order valence-corrected chi connectivity index (χ3v) is 4.42. The number of nitrogens with zero attached hydrogens (tertiary/aromatic N) is 1. The van der Waals surface area contributed by atoms with Crippen molar-refractivity contribution >= 4 is 16.7 Å². The van der Waals surface area contributed by atoms with Crippen molar-refractivity contribution < 1.29 is 4.74 Å². The lowest BCUT2D eigenvalue weighted by molar-refractivity contribution is 0.209. The lowest BCUT2D eigenvalue weighted by Crippen LogP contribution is -2.15. The van der Waals surface area contributed by atoms with Gasteiger partial charge in [0.05, 0.1) is 12.1 Å². The molecule has 2 aromatic rings. The number of anilines is 1. The number of hydrogen-bond donors (Lipinski definition) is 2. The largest absolute Gasteiger partial charge is 0.493 e. The zero-order chi connectivity index (χ0) is 15.4. The summed E-state index contributed by atoms with van der Waals surface area (Å²) in [5.74, 6) is 3.21. The van der Waals surface area contributed by atoms with Gasteiger partial charge in [0.15, 0.2) is 5.82 Å². The fraction of sp³-hybridized carbons (Fsp3) is 0.611. The molecule has 1 fully saturated rings. The van der Waals surface area contributed by atoms with Crippen molar-refractivity contribution in [3.63, 3.8) is 0 Å². The first-order chi connectivity index (χ1) is 10.7. The summed E-state index contributed by atoms with van der Waals surface area (Å²) in [7, 11) is 0. The highest BCUT2D eigenvalue weighted by Gasteiger charge is 2.14. The Balaban J connectivity index is 1.63. The molecule has 1 aliphatic carbocycles. The molecule has 4 heteroatoms. The molecule has 3 rings (SSSR count). The van der Waals surface area contributed by atoms with E-state index in [-0.39, 0.29) is 0 Å². The van der Waals surface area contributed by atoms with Gasteiger partial charge in [-0.15, -0.1) is 0 Å². The molecule has 0 radical (unpaired) electrons. The summed E-state index contributed by atoms with van der Waals surface area (Å²) in [6, 6.07) is 6.21. The van der Waals surface area contributed by atoms with E-state index >= 15 is 0 Å². The molecule has 2 N–H and O–H groups in total. The summed E-state index contributed by atoms with van der Waals surface area (Å²) in [6.07, 6.45) is 6.74. The van der Waals surface area contributed by atoms with Gasteiger partial charge in [-0.25, -0.2) is 0 Å². The first kappa shape index (κ1) is 15.2. The number of H-pyrrole nitrogens is 1. The number of aromatic nitrogens is 2. The standard InChI is InChI=1S/C18H27N3O/c1-13(2)11-19-18-16-9-8-15(10-17(16)20-21-18)22-12-14-6-4-3-5-7-14/h8-10,13-14H,3-7,11-12H2,1-2H3,(H2,19,20,21). The maximum absolute atomic E-state index is 5.99. The molecule has 1 aliphatic rings. The Morgan fingerprint density at radius 3 is 2.86 bits per heavy atom. The van der Waals surface area contributed by atoms with Crippen molar-refractivity contribution in [3.8, 4) is 5.75 Å². The summed E-state index contributed by atoms with van der Waals surface area (Å²) in [5.41, 5.74) is 1.03. The Labute approximate surface area is 132 Å². The third-order valence-electron chi connectivity index (χ3n) is 4.42. The number of hydrogen-bond acceptors (Lipinski definition) is 3. The van der Waals surface area contributed by atoms with E-state index in [1.54, 1.807) is 0 Å². The number of benzene rings is 1. The summed E-state index contributed by atoms with van der Waals surface area (Å²) in [6.45, 7) is 6.16. The molecule has 0 saturated heterocycles. The van der Waals surface area contributed by atoms with Crippen LogP contribution in [0.2, 0.25) is 0 Å². The molecule has 22 heavy (non-hydrogen) atoms. The number of nitrogens with one attached hydrogen (secondary N) is 2. The predicted octanol–water partition coefficient (Wildman–Crippen LogP) is 4.59. The molecule has 120 valence electrons. The maximum atomic E-state index is 5.99. The Morgan fingerprint density at radius 2 is 2.09 bits per heavy atom. The molecular weight excluding hydrogens is 274 g/mol. The van der Waals surface area contributed by atoms with Gasteiger partial charge in [0.2, 0.25) is 0 Å². The normalized spacial score (nSPS) is 16.3. The second-order valence-electron chi connectivity index (χ2n) is 6.87. The molecule has 0 bridgehead atoms. The maximum Gasteiger partial charge on any atom is 0.155 e. The van der Waals surface area contributed by atoms with Crippen molar-refractivity contribution in [2.45, 2.75) is 46.0 Å². The van der Waals surface area contributed by atoms with E-state index in [1.165, 1.54) is 32.1 Å². The van der Waals surface area contributed by atoms with Gasteiger partial charge in [-0.3, -0.25) is 5.10 Å². The second kappa shape index (κ2) is 7.03. The number of rotatable bonds is 6. The van der Waals surface area contributed by atoms with Crippen LogP contribution in [0.15, 0.2) is 18.2 Å². The molecule has 0 spiro atoms. The summed E-state index contributed by atoms with van der Waals surface area (Å²) in [4.78, 5) is 0. The summed E-state index contributed by atoms with van der Waals surface area (Å²) in [5, 5.41) is 12.0. The third kappa shape index (κ3) is 3.73. The van der Waals surface area contributed by atoms with Gasteiger partial charge < -0.3 is 10.1 Å². The molecule has 4 nitrogen and oxygen atoms in total. The van der Waals surface area contributed by atoms with Crippen LogP contribution in [0.1, 0.15) is 46.0 Å². The topological polar surface area (TPSA) is 49.9 Å². The molecule has 1 aromatic heterocycles. The Hall–Kier alpha value is -1.71. The molecule has 0 unspecified atom stereocenters. The van der Waals surface area contributed by atoms with Crippen molar-refractivity contribution in [1.82, 2.24) is 10.2 Å². The van der Waals surface area contributed by atoms with E-state index in [0.717, 1.165) is 41.5 Å². The van der Waals surface area contributed by atoms with E-state index < -0.39 is 0 Å². The first-order valence-corrected chi connectivity index (χ1v) is 8.57. The van der Waals surface area contributed by atoms with Crippen LogP contribution in [-0.4, -0.2) is 23.3 Å². The zero-order valence-electron chi connectivity index (χ0n) is 13.7. The fourth-order valence-corrected chi connectivity index (χ4v) is 3.09. The van der Waals surface area contributed by atoms with Crippen molar-refractivity contribution in [2.24, 2.45) is 11.8 Å². The minimum atomic E-state index is 0.602. The lowest BCUT2D eigenvalue weighted by Gasteiger charge is -2.21. The average Bonchev–Trinajstić information content (AvgIpc) is 2.94. The van der Waals surface area contributed by atoms with E-state index in [0.29, 0.717) is 5.92 Å². The Kier molecular flexibility index (Phi) is 4.86. The van der Waals surface area contributed by atoms with Gasteiger partial charge >= 0.3 is 0 Å². The van der Waals surface area contributed by atoms with Crippen LogP contribution in [0.5, 0.6) is 5.75 Å². The van der Waals surface area contributed by atoms with Gasteiger partial charge in [0.1, 0.15) is 5.75 Å². The Bertz CT molecular complexity index is 599. The predicted molar refractivity (Wildman–Crippen MR) is 91.5 cm³/mol. The summed E-state index contributed by atoms with van der Waals surface area (Å²) >= 11 is 0. The smallest absolute Gasteiger partial charge is 0.155 e. The number of aromatic amines is 1. The number of fused-ring (bicyclic) bond motifs is 1. The van der Waals surface area contributed by atoms with E-state index in [1.807, 2.05) is 0 Å². The van der Waals surface area contributed by atoms with Gasteiger partial charge in [0.25, 0.3) is 0 Å². The minimum absolute atomic E-state index is 0.602. The van der Waals surface area contributed by atoms with Crippen LogP contribution in [0.4, 0.5) is 5.82 Å². The molecule has 1 saturated carbocycles. The quantitative estimate of drug-likeness (QED) is 0.820. The van der Waals surface area contributed by atoms with Crippen molar-refractivity contribution in [1.29, 1.82) is 0 Å². The van der Waals surface area contributed by atoms with Crippen molar-refractivity contribution in [2.75, 3.05) is 18.5 Å². The van der Waals surface area contributed by atoms with Gasteiger partial charge in [-0.1, -0.05) is 33.1 Å². The van der Waals surface area contributed by atoms with Gasteiger partial charge in [-0.05, 0) is 36.8 Å². The van der Waals surface area contributed by atoms with E-state index in [9.17, 15) is 0 Å². The molecular formula is C18H27N3O. The molecule has 1 heterocycles. The zero-order valence-corrected chi connectivity index (χ0v) is 13.7. The fourth-order valence-electron chi connectivity index (χ4n) is 3.09. The SMILES string of the molecule is CC(C)CNc1n[nH]c2cc(OCC3CCCCC3)ccc12. The van der Waals surface area contributed by atoms with Crippen molar-refractivity contribution in [3.05, 3.63) is 18.2 Å². The highest BCUT2D eigenvalue weighted by Crippen LogP contribution is 2.27. The highest BCUT2D eigenvalue weighted by atomic mass is 16.5. The van der Waals surface area contributed by atoms with Crippen LogP contribution in [0.3, 0.4) is 0 Å². The van der Waals surface area contributed by atoms with Gasteiger partial charge in [0, 0.05) is 18.0 Å². The lowest BCUT2D eigenvalue weighted by atomic mass is 9.90. The van der Waals surface area contributed by atoms with Gasteiger partial charge in [-0.2, -0.15) is 5.10 Å². The molecule has 0 atom stereocenters. The Morgan fingerprint density at radius 1 is 1.27 bits per heavy atom. The minimum Gasteiger partial charge on any atom is -0.493 e. The van der Waals surface area contributed by atoms with Crippen LogP contribution < -0.4 is 10.1 Å². The monoisotopic (exact) mass is 301 g/mol. The van der Waals surface area contributed by atoms with Crippen LogP contribution >= 0.6 is 0 Å². The molecule has 1 aromatic carbocycles. The first-order valence-electron chi connectivity index (χ1n) is 8.57. The number of ether oxygens (including phenoxy) is 1. The molecule has 0 aliphatic heterocycles. The van der Waals surface area contributed by atoms with E-state index in [2.05, 4.69) is 47.6 Å². The molecule has 0 amide bonds. The van der Waals surface area contributed by atoms with Crippen LogP contribution in [0.25, 0.3) is 10.9 Å². The van der Waals surface area contributed by atoms with Crippen LogP contribution in [-0.2, 0) is 0 Å². The second-order valence-corrected chi connectivity index (χ2v) is 6.87. The van der Waals surface area contributed by atoms with Crippen LogP contribution in [0, 0.1) is 11.8 Å². The highest BCUT2D eigenvalue weighted by molar-refractivity contribution is 5.90.